The van der Waals surface area contributed by atoms with E-state index in [9.17, 15) is 14.7 Å². The minimum absolute atomic E-state index is 0.0310. The van der Waals surface area contributed by atoms with Crippen molar-refractivity contribution in [1.82, 2.24) is 0 Å². The highest BCUT2D eigenvalue weighted by atomic mass is 32.1. The van der Waals surface area contributed by atoms with Crippen LogP contribution in [0.5, 0.6) is 28.7 Å². The van der Waals surface area contributed by atoms with Gasteiger partial charge in [0.25, 0.3) is 0 Å². The van der Waals surface area contributed by atoms with Crippen molar-refractivity contribution in [1.29, 1.82) is 0 Å². The van der Waals surface area contributed by atoms with Crippen molar-refractivity contribution in [3.05, 3.63) is 63.3 Å². The van der Waals surface area contributed by atoms with Crippen LogP contribution in [0.1, 0.15) is 36.6 Å². The lowest BCUT2D eigenvalue weighted by Gasteiger charge is -2.19. The van der Waals surface area contributed by atoms with Crippen molar-refractivity contribution >= 4 is 23.3 Å². The molecule has 2 aliphatic heterocycles. The van der Waals surface area contributed by atoms with Gasteiger partial charge in [-0.25, -0.2) is 9.59 Å². The van der Waals surface area contributed by atoms with Crippen LogP contribution in [0.4, 0.5) is 0 Å². The molecule has 0 radical (unpaired) electrons. The van der Waals surface area contributed by atoms with Crippen LogP contribution in [-0.4, -0.2) is 37.7 Å². The smallest absolute Gasteiger partial charge is 0.353 e. The molecule has 0 atom stereocenters. The van der Waals surface area contributed by atoms with E-state index in [2.05, 4.69) is 0 Å². The van der Waals surface area contributed by atoms with E-state index in [1.165, 1.54) is 13.2 Å². The fourth-order valence-electron chi connectivity index (χ4n) is 3.42. The molecule has 32 heavy (non-hydrogen) atoms. The summed E-state index contributed by atoms with van der Waals surface area (Å²) >= 11 is 0.784. The van der Waals surface area contributed by atoms with Crippen LogP contribution < -0.4 is 23.7 Å². The second-order valence-corrected chi connectivity index (χ2v) is 7.88. The molecule has 0 fully saturated rings. The molecule has 2 aromatic carbocycles. The minimum Gasteiger partial charge on any atom is -0.495 e. The number of thiophene rings is 1. The Balaban J connectivity index is 1.53. The molecular formula is C22H16O9S. The largest absolute Gasteiger partial charge is 0.495 e. The van der Waals surface area contributed by atoms with E-state index in [4.69, 9.17) is 28.4 Å². The zero-order valence-electron chi connectivity index (χ0n) is 16.7. The van der Waals surface area contributed by atoms with Gasteiger partial charge in [0.15, 0.2) is 34.0 Å². The standard InChI is InChI=1S/C22H16O9S/c1-26-17-8-18(21(23)24)32-20(17)22(25)31-19(11-2-4-13-15(6-11)29-9-27-13)12-3-5-14-16(7-12)30-10-28-14/h2-8,19H,9-10H2,1H3,(H,23,24). The molecule has 0 bridgehead atoms. The van der Waals surface area contributed by atoms with Crippen LogP contribution in [-0.2, 0) is 4.74 Å². The predicted octanol–water partition coefficient (Wildman–Crippen LogP) is 3.86. The summed E-state index contributed by atoms with van der Waals surface area (Å²) in [4.78, 5) is 24.4. The quantitative estimate of drug-likeness (QED) is 0.553. The molecule has 5 rings (SSSR count). The lowest BCUT2D eigenvalue weighted by Crippen LogP contribution is -2.13. The molecule has 0 aliphatic carbocycles. The highest BCUT2D eigenvalue weighted by Gasteiger charge is 2.28. The minimum atomic E-state index is -1.16. The number of hydrogen-bond acceptors (Lipinski definition) is 9. The highest BCUT2D eigenvalue weighted by Crippen LogP contribution is 2.41. The van der Waals surface area contributed by atoms with Crippen LogP contribution in [0.15, 0.2) is 42.5 Å². The number of methoxy groups -OCH3 is 1. The number of carbonyl (C=O) groups is 2. The number of aromatic carboxylic acids is 1. The summed E-state index contributed by atoms with van der Waals surface area (Å²) in [6, 6.07) is 11.8. The highest BCUT2D eigenvalue weighted by molar-refractivity contribution is 7.16. The topological polar surface area (TPSA) is 110 Å². The van der Waals surface area contributed by atoms with E-state index in [-0.39, 0.29) is 29.1 Å². The van der Waals surface area contributed by atoms with Gasteiger partial charge < -0.3 is 33.5 Å². The number of ether oxygens (including phenoxy) is 6. The number of carboxylic acid groups (broad SMARTS) is 1. The van der Waals surface area contributed by atoms with E-state index in [1.807, 2.05) is 0 Å². The maximum atomic E-state index is 13.1. The van der Waals surface area contributed by atoms with Gasteiger partial charge in [0.2, 0.25) is 13.6 Å². The van der Waals surface area contributed by atoms with Crippen molar-refractivity contribution in [3.8, 4) is 28.7 Å². The van der Waals surface area contributed by atoms with E-state index >= 15 is 0 Å². The van der Waals surface area contributed by atoms with Crippen molar-refractivity contribution in [2.45, 2.75) is 6.10 Å². The molecular weight excluding hydrogens is 440 g/mol. The second kappa shape index (κ2) is 7.97. The third-order valence-electron chi connectivity index (χ3n) is 4.94. The molecule has 1 N–H and O–H groups in total. The fourth-order valence-corrected chi connectivity index (χ4v) is 4.26. The average Bonchev–Trinajstić information content (AvgIpc) is 3.54. The average molecular weight is 456 g/mol. The van der Waals surface area contributed by atoms with Crippen molar-refractivity contribution in [3.63, 3.8) is 0 Å². The first-order valence-corrected chi connectivity index (χ1v) is 10.3. The summed E-state index contributed by atoms with van der Waals surface area (Å²) < 4.78 is 32.7. The van der Waals surface area contributed by atoms with Gasteiger partial charge in [0, 0.05) is 17.2 Å². The van der Waals surface area contributed by atoms with Crippen molar-refractivity contribution in [2.24, 2.45) is 0 Å². The summed E-state index contributed by atoms with van der Waals surface area (Å²) in [7, 11) is 1.36. The third-order valence-corrected chi connectivity index (χ3v) is 6.02. The molecule has 3 aromatic rings. The Labute approximate surface area is 185 Å². The van der Waals surface area contributed by atoms with Crippen LogP contribution in [0.25, 0.3) is 0 Å². The first-order chi connectivity index (χ1) is 15.5. The van der Waals surface area contributed by atoms with Gasteiger partial charge in [0.1, 0.15) is 10.6 Å². The molecule has 0 unspecified atom stereocenters. The van der Waals surface area contributed by atoms with Crippen LogP contribution in [0.2, 0.25) is 0 Å². The monoisotopic (exact) mass is 456 g/mol. The number of esters is 1. The zero-order valence-corrected chi connectivity index (χ0v) is 17.5. The molecule has 0 saturated heterocycles. The van der Waals surface area contributed by atoms with Gasteiger partial charge in [-0.1, -0.05) is 12.1 Å². The van der Waals surface area contributed by atoms with Gasteiger partial charge in [-0.3, -0.25) is 0 Å². The Hall–Kier alpha value is -3.92. The Bertz CT molecular complexity index is 1160. The molecule has 3 heterocycles. The second-order valence-electron chi connectivity index (χ2n) is 6.82. The van der Waals surface area contributed by atoms with Gasteiger partial charge in [-0.15, -0.1) is 11.3 Å². The first-order valence-electron chi connectivity index (χ1n) is 9.44. The number of hydrogen-bond donors (Lipinski definition) is 1. The van der Waals surface area contributed by atoms with Crippen molar-refractivity contribution < 1.29 is 43.1 Å². The maximum Gasteiger partial charge on any atom is 0.353 e. The molecule has 0 amide bonds. The lowest BCUT2D eigenvalue weighted by atomic mass is 10.00. The first kappa shape index (κ1) is 20.0. The molecule has 0 spiro atoms. The van der Waals surface area contributed by atoms with Gasteiger partial charge in [-0.05, 0) is 24.3 Å². The molecule has 10 heteroatoms. The van der Waals surface area contributed by atoms with E-state index in [1.54, 1.807) is 36.4 Å². The predicted molar refractivity (Wildman–Crippen MR) is 110 cm³/mol. The molecule has 9 nitrogen and oxygen atoms in total. The lowest BCUT2D eigenvalue weighted by molar-refractivity contribution is 0.0379. The fraction of sp³-hybridized carbons (Fsp3) is 0.182. The summed E-state index contributed by atoms with van der Waals surface area (Å²) in [5, 5.41) is 9.27. The Kier molecular flexibility index (Phi) is 4.98. The number of benzene rings is 2. The van der Waals surface area contributed by atoms with E-state index in [0.29, 0.717) is 34.1 Å². The Morgan fingerprint density at radius 2 is 1.47 bits per heavy atom. The van der Waals surface area contributed by atoms with Gasteiger partial charge in [-0.2, -0.15) is 0 Å². The molecule has 0 saturated carbocycles. The van der Waals surface area contributed by atoms with Crippen molar-refractivity contribution in [2.75, 3.05) is 20.7 Å². The number of carbonyl (C=O) groups excluding carboxylic acids is 1. The summed E-state index contributed by atoms with van der Waals surface area (Å²) in [5.41, 5.74) is 1.27. The normalized spacial score (nSPS) is 13.3. The summed E-state index contributed by atoms with van der Waals surface area (Å²) in [5.74, 6) is 0.506. The van der Waals surface area contributed by atoms with Gasteiger partial charge >= 0.3 is 11.9 Å². The van der Waals surface area contributed by atoms with E-state index < -0.39 is 18.0 Å². The van der Waals surface area contributed by atoms with Crippen LogP contribution >= 0.6 is 11.3 Å². The number of rotatable bonds is 6. The number of carboxylic acids is 1. The molecule has 1 aromatic heterocycles. The SMILES string of the molecule is COc1cc(C(=O)O)sc1C(=O)OC(c1ccc2c(c1)OCO2)c1ccc2c(c1)OCO2. The van der Waals surface area contributed by atoms with E-state index in [0.717, 1.165) is 11.3 Å². The maximum absolute atomic E-state index is 13.1. The van der Waals surface area contributed by atoms with Crippen LogP contribution in [0, 0.1) is 0 Å². The van der Waals surface area contributed by atoms with Gasteiger partial charge in [0.05, 0.1) is 7.11 Å². The third kappa shape index (κ3) is 3.54. The molecule has 164 valence electrons. The Morgan fingerprint density at radius 3 is 2.00 bits per heavy atom. The van der Waals surface area contributed by atoms with Crippen LogP contribution in [0.3, 0.4) is 0 Å². The summed E-state index contributed by atoms with van der Waals surface area (Å²) in [6.45, 7) is 0.218. The number of fused-ring (bicyclic) bond motifs is 2. The molecule has 2 aliphatic rings. The zero-order chi connectivity index (χ0) is 22.2. The summed E-state index contributed by atoms with van der Waals surface area (Å²) in [6.07, 6.45) is -0.841. The Morgan fingerprint density at radius 1 is 0.906 bits per heavy atom.